The number of aromatic hydroxyl groups is 1. The summed E-state index contributed by atoms with van der Waals surface area (Å²) in [5.74, 6) is -0.292. The van der Waals surface area contributed by atoms with Gasteiger partial charge in [0, 0.05) is 17.2 Å². The summed E-state index contributed by atoms with van der Waals surface area (Å²) in [6.45, 7) is 3.72. The van der Waals surface area contributed by atoms with Crippen LogP contribution in [0, 0.1) is 5.82 Å². The minimum Gasteiger partial charge on any atom is -0.505 e. The van der Waals surface area contributed by atoms with Gasteiger partial charge in [-0.05, 0) is 24.3 Å². The fourth-order valence-corrected chi connectivity index (χ4v) is 2.15. The van der Waals surface area contributed by atoms with E-state index in [2.05, 4.69) is 21.0 Å². The second-order valence-electron chi connectivity index (χ2n) is 4.37. The summed E-state index contributed by atoms with van der Waals surface area (Å²) >= 11 is 0. The lowest BCUT2D eigenvalue weighted by Crippen LogP contribution is -1.81. The van der Waals surface area contributed by atoms with Crippen LogP contribution in [0.3, 0.4) is 0 Å². The van der Waals surface area contributed by atoms with E-state index in [4.69, 9.17) is 8.94 Å². The molecule has 1 N–H and O–H groups in total. The maximum Gasteiger partial charge on any atom is 0.227 e. The number of hydrogen-bond donors (Lipinski definition) is 1. The molecule has 3 rings (SSSR count). The first-order valence-electron chi connectivity index (χ1n) is 6.05. The summed E-state index contributed by atoms with van der Waals surface area (Å²) in [6.07, 6.45) is 1.63. The molecule has 0 spiro atoms. The summed E-state index contributed by atoms with van der Waals surface area (Å²) in [4.78, 5) is 4.32. The molecule has 0 fully saturated rings. The van der Waals surface area contributed by atoms with E-state index in [-0.39, 0.29) is 5.89 Å². The van der Waals surface area contributed by atoms with Crippen LogP contribution >= 0.6 is 9.47 Å². The monoisotopic (exact) mass is 303 g/mol. The second kappa shape index (κ2) is 5.19. The molecular weight excluding hydrogens is 292 g/mol. The molecule has 1 unspecified atom stereocenters. The number of phenols is 1. The van der Waals surface area contributed by atoms with Gasteiger partial charge in [-0.15, -0.1) is 0 Å². The zero-order valence-corrected chi connectivity index (χ0v) is 12.0. The van der Waals surface area contributed by atoms with Crippen molar-refractivity contribution in [2.24, 2.45) is 0 Å². The summed E-state index contributed by atoms with van der Waals surface area (Å²) in [6, 6.07) is 7.42. The minimum absolute atomic E-state index is 0.257. The van der Waals surface area contributed by atoms with Crippen molar-refractivity contribution in [1.82, 2.24) is 4.98 Å². The molecule has 0 aliphatic heterocycles. The van der Waals surface area contributed by atoms with Crippen LogP contribution < -0.4 is 4.52 Å². The van der Waals surface area contributed by atoms with Gasteiger partial charge in [-0.2, -0.15) is 0 Å². The molecule has 0 bridgehead atoms. The zero-order valence-electron chi connectivity index (χ0n) is 10.8. The molecule has 1 atom stereocenters. The van der Waals surface area contributed by atoms with E-state index in [0.717, 1.165) is 5.56 Å². The number of fused-ring (bicyclic) bond motifs is 1. The van der Waals surface area contributed by atoms with Crippen molar-refractivity contribution in [3.05, 3.63) is 48.3 Å². The van der Waals surface area contributed by atoms with Gasteiger partial charge < -0.3 is 14.0 Å². The van der Waals surface area contributed by atoms with E-state index in [1.807, 2.05) is 0 Å². The molecule has 106 valence electrons. The lowest BCUT2D eigenvalue weighted by molar-refractivity contribution is 0.432. The van der Waals surface area contributed by atoms with E-state index in [1.165, 1.54) is 18.2 Å². The van der Waals surface area contributed by atoms with Crippen molar-refractivity contribution >= 4 is 26.6 Å². The Morgan fingerprint density at radius 2 is 2.14 bits per heavy atom. The van der Waals surface area contributed by atoms with Gasteiger partial charge in [-0.3, -0.25) is 0 Å². The average molecular weight is 303 g/mol. The van der Waals surface area contributed by atoms with E-state index in [1.54, 1.807) is 18.2 Å². The van der Waals surface area contributed by atoms with Gasteiger partial charge in [-0.25, -0.2) is 9.37 Å². The molecule has 1 heterocycles. The second-order valence-corrected chi connectivity index (χ2v) is 4.60. The summed E-state index contributed by atoms with van der Waals surface area (Å²) in [5, 5.41) is 9.22. The highest BCUT2D eigenvalue weighted by atomic mass is 31.0. The van der Waals surface area contributed by atoms with Crippen LogP contribution in [0.5, 0.6) is 11.5 Å². The number of oxazole rings is 1. The summed E-state index contributed by atoms with van der Waals surface area (Å²) < 4.78 is 24.2. The Hall–Kier alpha value is -2.39. The minimum atomic E-state index is -0.729. The number of aromatic nitrogens is 1. The van der Waals surface area contributed by atoms with Gasteiger partial charge in [0.25, 0.3) is 0 Å². The molecule has 4 nitrogen and oxygen atoms in total. The quantitative estimate of drug-likeness (QED) is 0.738. The molecule has 6 heteroatoms. The topological polar surface area (TPSA) is 55.5 Å². The average Bonchev–Trinajstić information content (AvgIpc) is 2.92. The van der Waals surface area contributed by atoms with Crippen molar-refractivity contribution < 1.29 is 18.4 Å². The summed E-state index contributed by atoms with van der Waals surface area (Å²) in [7, 11) is 2.16. The van der Waals surface area contributed by atoms with Crippen molar-refractivity contribution in [3.8, 4) is 23.0 Å². The van der Waals surface area contributed by atoms with Crippen molar-refractivity contribution in [2.45, 2.75) is 0 Å². The SMILES string of the molecule is C=Cc1cc(OP)cc2nc(-c3ccc(O)c(F)c3)oc12. The lowest BCUT2D eigenvalue weighted by atomic mass is 10.2. The predicted octanol–water partition coefficient (Wildman–Crippen LogP) is 4.15. The van der Waals surface area contributed by atoms with Crippen molar-refractivity contribution in [2.75, 3.05) is 0 Å². The first kappa shape index (κ1) is 13.6. The third kappa shape index (κ3) is 2.36. The normalized spacial score (nSPS) is 10.8. The molecule has 0 saturated heterocycles. The number of halogens is 1. The number of rotatable bonds is 3. The third-order valence-electron chi connectivity index (χ3n) is 3.04. The molecule has 0 saturated carbocycles. The molecule has 3 aromatic rings. The van der Waals surface area contributed by atoms with Gasteiger partial charge in [0.2, 0.25) is 5.89 Å². The smallest absolute Gasteiger partial charge is 0.227 e. The Kier molecular flexibility index (Phi) is 3.35. The van der Waals surface area contributed by atoms with Crippen LogP contribution in [0.15, 0.2) is 41.3 Å². The maximum atomic E-state index is 13.4. The fraction of sp³-hybridized carbons (Fsp3) is 0. The Balaban J connectivity index is 2.20. The van der Waals surface area contributed by atoms with Gasteiger partial charge in [0.1, 0.15) is 11.3 Å². The number of phenolic OH excluding ortho intramolecular Hbond substituents is 1. The van der Waals surface area contributed by atoms with Crippen LogP contribution in [-0.2, 0) is 0 Å². The molecule has 0 aliphatic rings. The van der Waals surface area contributed by atoms with Crippen LogP contribution in [-0.4, -0.2) is 10.1 Å². The van der Waals surface area contributed by atoms with Gasteiger partial charge >= 0.3 is 0 Å². The van der Waals surface area contributed by atoms with Crippen LogP contribution in [0.25, 0.3) is 28.6 Å². The highest BCUT2D eigenvalue weighted by Crippen LogP contribution is 2.32. The molecule has 0 radical (unpaired) electrons. The molecule has 21 heavy (non-hydrogen) atoms. The number of benzene rings is 2. The number of nitrogens with zero attached hydrogens (tertiary/aromatic N) is 1. The van der Waals surface area contributed by atoms with Crippen LogP contribution in [0.1, 0.15) is 5.56 Å². The Labute approximate surface area is 122 Å². The third-order valence-corrected chi connectivity index (χ3v) is 3.32. The highest BCUT2D eigenvalue weighted by molar-refractivity contribution is 7.10. The van der Waals surface area contributed by atoms with Gasteiger partial charge in [0.05, 0.1) is 9.47 Å². The molecular formula is C15H11FNO3P. The Morgan fingerprint density at radius 1 is 1.33 bits per heavy atom. The first-order valence-corrected chi connectivity index (χ1v) is 6.52. The maximum absolute atomic E-state index is 13.4. The molecule has 1 aromatic heterocycles. The largest absolute Gasteiger partial charge is 0.505 e. The standard InChI is InChI=1S/C15H11FNO3P/c1-2-8-5-10(20-21)7-12-14(8)19-15(17-12)9-3-4-13(18)11(16)6-9/h2-7,18H,1,21H2. The van der Waals surface area contributed by atoms with Crippen molar-refractivity contribution in [3.63, 3.8) is 0 Å². The van der Waals surface area contributed by atoms with E-state index < -0.39 is 11.6 Å². The molecule has 0 amide bonds. The predicted molar refractivity (Wildman–Crippen MR) is 81.5 cm³/mol. The highest BCUT2D eigenvalue weighted by Gasteiger charge is 2.14. The summed E-state index contributed by atoms with van der Waals surface area (Å²) in [5.41, 5.74) is 2.28. The van der Waals surface area contributed by atoms with Crippen molar-refractivity contribution in [1.29, 1.82) is 0 Å². The molecule has 2 aromatic carbocycles. The first-order chi connectivity index (χ1) is 10.1. The lowest BCUT2D eigenvalue weighted by Gasteiger charge is -2.00. The van der Waals surface area contributed by atoms with Crippen LogP contribution in [0.2, 0.25) is 0 Å². The molecule has 0 aliphatic carbocycles. The fourth-order valence-electron chi connectivity index (χ4n) is 2.01. The Morgan fingerprint density at radius 3 is 2.81 bits per heavy atom. The van der Waals surface area contributed by atoms with Gasteiger partial charge in [-0.1, -0.05) is 12.7 Å². The van der Waals surface area contributed by atoms with Gasteiger partial charge in [0.15, 0.2) is 17.1 Å². The van der Waals surface area contributed by atoms with Crippen LogP contribution in [0.4, 0.5) is 4.39 Å². The Bertz CT molecular complexity index is 844. The van der Waals surface area contributed by atoms with E-state index in [9.17, 15) is 9.50 Å². The zero-order chi connectivity index (χ0) is 15.0. The number of hydrogen-bond acceptors (Lipinski definition) is 4. The van der Waals surface area contributed by atoms with E-state index >= 15 is 0 Å². The van der Waals surface area contributed by atoms with E-state index in [0.29, 0.717) is 22.4 Å².